The highest BCUT2D eigenvalue weighted by Gasteiger charge is 2.48. The van der Waals surface area contributed by atoms with Gasteiger partial charge in [-0.15, -0.1) is 0 Å². The van der Waals surface area contributed by atoms with Crippen molar-refractivity contribution in [2.45, 2.75) is 46.0 Å². The molecule has 2 fully saturated rings. The predicted octanol–water partition coefficient (Wildman–Crippen LogP) is 2.79. The van der Waals surface area contributed by atoms with Gasteiger partial charge in [-0.2, -0.15) is 0 Å². The number of carbonyl (C=O) groups is 1. The minimum absolute atomic E-state index is 0.370. The molecule has 0 amide bonds. The molecule has 0 aliphatic heterocycles. The molecule has 0 aromatic heterocycles. The van der Waals surface area contributed by atoms with Crippen LogP contribution < -0.4 is 0 Å². The molecule has 2 saturated carbocycles. The third kappa shape index (κ3) is 0.949. The van der Waals surface area contributed by atoms with E-state index in [0.29, 0.717) is 17.1 Å². The van der Waals surface area contributed by atoms with Crippen LogP contribution in [0.1, 0.15) is 46.0 Å². The SMILES string of the molecule is CC1CC[C@H]2C(=O)CCC[C@]12C. The van der Waals surface area contributed by atoms with Crippen LogP contribution in [0.2, 0.25) is 0 Å². The van der Waals surface area contributed by atoms with Crippen molar-refractivity contribution in [1.29, 1.82) is 0 Å². The molecule has 2 aliphatic rings. The lowest BCUT2D eigenvalue weighted by molar-refractivity contribution is -0.129. The molecule has 1 heteroatoms. The predicted molar refractivity (Wildman–Crippen MR) is 48.9 cm³/mol. The second-order valence-corrected chi connectivity index (χ2v) is 4.86. The highest BCUT2D eigenvalue weighted by molar-refractivity contribution is 5.83. The van der Waals surface area contributed by atoms with Crippen molar-refractivity contribution in [3.63, 3.8) is 0 Å². The monoisotopic (exact) mass is 166 g/mol. The molecule has 0 bridgehead atoms. The summed E-state index contributed by atoms with van der Waals surface area (Å²) in [6, 6.07) is 0. The summed E-state index contributed by atoms with van der Waals surface area (Å²) in [6.07, 6.45) is 5.71. The summed E-state index contributed by atoms with van der Waals surface area (Å²) < 4.78 is 0. The van der Waals surface area contributed by atoms with E-state index in [2.05, 4.69) is 13.8 Å². The van der Waals surface area contributed by atoms with Gasteiger partial charge in [0.1, 0.15) is 5.78 Å². The van der Waals surface area contributed by atoms with Gasteiger partial charge in [-0.3, -0.25) is 4.79 Å². The fourth-order valence-electron chi connectivity index (χ4n) is 3.19. The summed E-state index contributed by atoms with van der Waals surface area (Å²) in [5, 5.41) is 0. The van der Waals surface area contributed by atoms with E-state index in [1.165, 1.54) is 12.8 Å². The number of rotatable bonds is 0. The van der Waals surface area contributed by atoms with Crippen molar-refractivity contribution < 1.29 is 4.79 Å². The quantitative estimate of drug-likeness (QED) is 0.541. The second-order valence-electron chi connectivity index (χ2n) is 4.86. The van der Waals surface area contributed by atoms with Gasteiger partial charge in [0, 0.05) is 12.3 Å². The smallest absolute Gasteiger partial charge is 0.136 e. The average Bonchev–Trinajstić information content (AvgIpc) is 2.30. The van der Waals surface area contributed by atoms with Crippen LogP contribution in [0.3, 0.4) is 0 Å². The first-order valence-electron chi connectivity index (χ1n) is 5.17. The molecule has 0 aromatic rings. The van der Waals surface area contributed by atoms with Crippen LogP contribution in [0.15, 0.2) is 0 Å². The Balaban J connectivity index is 2.26. The highest BCUT2D eigenvalue weighted by atomic mass is 16.1. The van der Waals surface area contributed by atoms with Crippen molar-refractivity contribution in [2.24, 2.45) is 17.3 Å². The lowest BCUT2D eigenvalue weighted by Gasteiger charge is -2.38. The first-order chi connectivity index (χ1) is 5.64. The Morgan fingerprint density at radius 2 is 2.17 bits per heavy atom. The van der Waals surface area contributed by atoms with Crippen LogP contribution in [0.5, 0.6) is 0 Å². The summed E-state index contributed by atoms with van der Waals surface area (Å²) in [5.41, 5.74) is 0.370. The van der Waals surface area contributed by atoms with Crippen LogP contribution in [0.4, 0.5) is 0 Å². The molecule has 68 valence electrons. The van der Waals surface area contributed by atoms with E-state index in [4.69, 9.17) is 0 Å². The normalized spacial score (nSPS) is 47.7. The van der Waals surface area contributed by atoms with Crippen LogP contribution in [0, 0.1) is 17.3 Å². The third-order valence-electron chi connectivity index (χ3n) is 4.34. The van der Waals surface area contributed by atoms with Crippen LogP contribution in [-0.2, 0) is 4.79 Å². The minimum atomic E-state index is 0.370. The molecule has 1 unspecified atom stereocenters. The van der Waals surface area contributed by atoms with Gasteiger partial charge < -0.3 is 0 Å². The summed E-state index contributed by atoms with van der Waals surface area (Å²) in [5.74, 6) is 1.74. The maximum absolute atomic E-state index is 11.6. The van der Waals surface area contributed by atoms with Gasteiger partial charge in [0.05, 0.1) is 0 Å². The molecule has 0 N–H and O–H groups in total. The number of ketones is 1. The summed E-state index contributed by atoms with van der Waals surface area (Å²) >= 11 is 0. The van der Waals surface area contributed by atoms with Crippen molar-refractivity contribution in [2.75, 3.05) is 0 Å². The largest absolute Gasteiger partial charge is 0.299 e. The Morgan fingerprint density at radius 1 is 1.42 bits per heavy atom. The van der Waals surface area contributed by atoms with Crippen LogP contribution >= 0.6 is 0 Å². The molecule has 12 heavy (non-hydrogen) atoms. The zero-order chi connectivity index (χ0) is 8.77. The molecule has 0 spiro atoms. The first kappa shape index (κ1) is 8.28. The lowest BCUT2D eigenvalue weighted by atomic mass is 9.65. The van der Waals surface area contributed by atoms with E-state index in [9.17, 15) is 4.79 Å². The molecular formula is C11H18O. The van der Waals surface area contributed by atoms with Gasteiger partial charge in [0.2, 0.25) is 0 Å². The topological polar surface area (TPSA) is 17.1 Å². The molecule has 2 rings (SSSR count). The highest BCUT2D eigenvalue weighted by Crippen LogP contribution is 2.53. The van der Waals surface area contributed by atoms with Crippen LogP contribution in [-0.4, -0.2) is 5.78 Å². The lowest BCUT2D eigenvalue weighted by Crippen LogP contribution is -2.36. The Bertz CT molecular complexity index is 209. The van der Waals surface area contributed by atoms with Crippen molar-refractivity contribution in [3.8, 4) is 0 Å². The van der Waals surface area contributed by atoms with Crippen molar-refractivity contribution in [1.82, 2.24) is 0 Å². The molecule has 1 nitrogen and oxygen atoms in total. The minimum Gasteiger partial charge on any atom is -0.299 e. The molecule has 3 atom stereocenters. The zero-order valence-electron chi connectivity index (χ0n) is 8.10. The first-order valence-corrected chi connectivity index (χ1v) is 5.17. The van der Waals surface area contributed by atoms with Gasteiger partial charge >= 0.3 is 0 Å². The maximum atomic E-state index is 11.6. The van der Waals surface area contributed by atoms with E-state index in [1.807, 2.05) is 0 Å². The van der Waals surface area contributed by atoms with Crippen molar-refractivity contribution >= 4 is 5.78 Å². The van der Waals surface area contributed by atoms with E-state index in [-0.39, 0.29) is 0 Å². The Kier molecular flexibility index (Phi) is 1.78. The Hall–Kier alpha value is -0.330. The average molecular weight is 166 g/mol. The second kappa shape index (κ2) is 2.58. The number of hydrogen-bond acceptors (Lipinski definition) is 1. The number of carbonyl (C=O) groups excluding carboxylic acids is 1. The van der Waals surface area contributed by atoms with E-state index < -0.39 is 0 Å². The number of Topliss-reactive ketones (excluding diaryl/α,β-unsaturated/α-hetero) is 1. The van der Waals surface area contributed by atoms with Gasteiger partial charge in [0.15, 0.2) is 0 Å². The summed E-state index contributed by atoms with van der Waals surface area (Å²) in [4.78, 5) is 11.6. The van der Waals surface area contributed by atoms with Crippen LogP contribution in [0.25, 0.3) is 0 Å². The standard InChI is InChI=1S/C11H18O/c1-8-5-6-9-10(12)4-3-7-11(8,9)2/h8-9H,3-7H2,1-2H3/t8?,9-,11+/m0/s1. The molecule has 2 aliphatic carbocycles. The molecular weight excluding hydrogens is 148 g/mol. The van der Waals surface area contributed by atoms with Gasteiger partial charge in [0.25, 0.3) is 0 Å². The molecule has 0 aromatic carbocycles. The fraction of sp³-hybridized carbons (Fsp3) is 0.909. The zero-order valence-corrected chi connectivity index (χ0v) is 8.10. The fourth-order valence-corrected chi connectivity index (χ4v) is 3.19. The Labute approximate surface area is 74.5 Å². The summed E-state index contributed by atoms with van der Waals surface area (Å²) in [7, 11) is 0. The number of fused-ring (bicyclic) bond motifs is 1. The molecule has 0 saturated heterocycles. The van der Waals surface area contributed by atoms with E-state index >= 15 is 0 Å². The molecule has 0 heterocycles. The molecule has 0 radical (unpaired) electrons. The van der Waals surface area contributed by atoms with Gasteiger partial charge in [-0.1, -0.05) is 13.8 Å². The van der Waals surface area contributed by atoms with E-state index in [0.717, 1.165) is 25.2 Å². The third-order valence-corrected chi connectivity index (χ3v) is 4.34. The summed E-state index contributed by atoms with van der Waals surface area (Å²) in [6.45, 7) is 4.64. The van der Waals surface area contributed by atoms with Gasteiger partial charge in [-0.25, -0.2) is 0 Å². The Morgan fingerprint density at radius 3 is 2.83 bits per heavy atom. The maximum Gasteiger partial charge on any atom is 0.136 e. The van der Waals surface area contributed by atoms with Gasteiger partial charge in [-0.05, 0) is 37.0 Å². The van der Waals surface area contributed by atoms with E-state index in [1.54, 1.807) is 0 Å². The number of hydrogen-bond donors (Lipinski definition) is 0. The van der Waals surface area contributed by atoms with Crippen molar-refractivity contribution in [3.05, 3.63) is 0 Å².